The molecule has 0 spiro atoms. The van der Waals surface area contributed by atoms with E-state index in [2.05, 4.69) is 15.3 Å². The zero-order valence-electron chi connectivity index (χ0n) is 19.8. The molecule has 1 aromatic heterocycles. The minimum Gasteiger partial charge on any atom is -0.391 e. The summed E-state index contributed by atoms with van der Waals surface area (Å²) in [4.78, 5) is 34.0. The Kier molecular flexibility index (Phi) is 7.88. The maximum absolute atomic E-state index is 13.7. The fraction of sp³-hybridized carbons (Fsp3) is 0.407. The largest absolute Gasteiger partial charge is 0.391 e. The van der Waals surface area contributed by atoms with E-state index in [0.717, 1.165) is 5.56 Å². The van der Waals surface area contributed by atoms with Crippen molar-refractivity contribution in [2.75, 3.05) is 0 Å². The van der Waals surface area contributed by atoms with Crippen LogP contribution in [-0.2, 0) is 11.2 Å². The number of hydrogen-bond donors (Lipinski definition) is 3. The van der Waals surface area contributed by atoms with Crippen LogP contribution in [0.3, 0.4) is 0 Å². The number of rotatable bonds is 9. The van der Waals surface area contributed by atoms with Crippen molar-refractivity contribution in [1.29, 1.82) is 0 Å². The molecule has 2 aromatic carbocycles. The maximum atomic E-state index is 13.7. The monoisotopic (exact) mass is 496 g/mol. The lowest BCUT2D eigenvalue weighted by Gasteiger charge is -2.34. The lowest BCUT2D eigenvalue weighted by molar-refractivity contribution is -0.127. The summed E-state index contributed by atoms with van der Waals surface area (Å²) in [7, 11) is 0. The quantitative estimate of drug-likeness (QED) is 0.418. The van der Waals surface area contributed by atoms with Crippen LogP contribution < -0.4 is 11.1 Å². The molecule has 4 N–H and O–H groups in total. The number of carbonyl (C=O) groups excluding carboxylic acids is 2. The molecule has 1 aliphatic carbocycles. The van der Waals surface area contributed by atoms with Crippen LogP contribution in [0.15, 0.2) is 60.8 Å². The van der Waals surface area contributed by atoms with Crippen LogP contribution in [0.25, 0.3) is 11.0 Å². The second-order valence-electron chi connectivity index (χ2n) is 9.52. The lowest BCUT2D eigenvalue weighted by atomic mass is 9.75. The number of aliphatic hydroxyl groups excluding tert-OH is 1. The number of nitrogens with one attached hydrogen (secondary N) is 1. The predicted octanol–water partition coefficient (Wildman–Crippen LogP) is 3.65. The molecule has 1 saturated carbocycles. The van der Waals surface area contributed by atoms with E-state index in [1.54, 1.807) is 18.2 Å². The van der Waals surface area contributed by atoms with Gasteiger partial charge in [0.05, 0.1) is 29.4 Å². The Balaban J connectivity index is 1.52. The van der Waals surface area contributed by atoms with Crippen molar-refractivity contribution in [3.05, 3.63) is 72.1 Å². The number of amides is 2. The number of alkyl halides is 2. The molecule has 1 fully saturated rings. The number of benzene rings is 2. The maximum Gasteiger partial charge on any atom is 0.271 e. The van der Waals surface area contributed by atoms with E-state index in [4.69, 9.17) is 5.73 Å². The Bertz CT molecular complexity index is 1200. The molecule has 0 unspecified atom stereocenters. The van der Waals surface area contributed by atoms with Crippen LogP contribution in [0, 0.1) is 11.8 Å². The van der Waals surface area contributed by atoms with E-state index < -0.39 is 35.8 Å². The standard InChI is InChI=1S/C27H30F2N4O3/c28-27(29)12-10-18(11-13-27)19(25(30)35)15-24(34)22(14-17-6-2-1-3-7-17)33-26(36)23-16-31-20-8-4-5-9-21(20)32-23/h1-9,16,18-19,22,24,34H,10-15H2,(H2,30,35)(H,33,36)/t19-,22-,24-/m0/s1. The summed E-state index contributed by atoms with van der Waals surface area (Å²) in [5, 5.41) is 14.0. The van der Waals surface area contributed by atoms with Gasteiger partial charge in [-0.15, -0.1) is 0 Å². The number of fused-ring (bicyclic) bond motifs is 1. The summed E-state index contributed by atoms with van der Waals surface area (Å²) in [6.45, 7) is 0. The molecule has 7 nitrogen and oxygen atoms in total. The molecule has 0 saturated heterocycles. The van der Waals surface area contributed by atoms with Gasteiger partial charge in [-0.2, -0.15) is 0 Å². The molecule has 2 amide bonds. The highest BCUT2D eigenvalue weighted by Crippen LogP contribution is 2.40. The average molecular weight is 497 g/mol. The van der Waals surface area contributed by atoms with Gasteiger partial charge >= 0.3 is 0 Å². The van der Waals surface area contributed by atoms with Gasteiger partial charge in [-0.25, -0.2) is 13.8 Å². The zero-order chi connectivity index (χ0) is 25.7. The van der Waals surface area contributed by atoms with E-state index in [1.165, 1.54) is 6.20 Å². The molecule has 1 heterocycles. The predicted molar refractivity (Wildman–Crippen MR) is 131 cm³/mol. The van der Waals surface area contributed by atoms with Crippen molar-refractivity contribution in [1.82, 2.24) is 15.3 Å². The van der Waals surface area contributed by atoms with Crippen molar-refractivity contribution in [2.45, 2.75) is 56.6 Å². The van der Waals surface area contributed by atoms with Gasteiger partial charge in [-0.3, -0.25) is 14.6 Å². The summed E-state index contributed by atoms with van der Waals surface area (Å²) < 4.78 is 27.3. The number of aliphatic hydroxyl groups is 1. The Hall–Kier alpha value is -3.46. The number of nitrogens with zero attached hydrogens (tertiary/aromatic N) is 2. The highest BCUT2D eigenvalue weighted by Gasteiger charge is 2.40. The minimum absolute atomic E-state index is 0.0350. The molecule has 9 heteroatoms. The second kappa shape index (κ2) is 11.1. The summed E-state index contributed by atoms with van der Waals surface area (Å²) >= 11 is 0. The fourth-order valence-electron chi connectivity index (χ4n) is 4.89. The van der Waals surface area contributed by atoms with E-state index in [9.17, 15) is 23.5 Å². The second-order valence-corrected chi connectivity index (χ2v) is 9.52. The number of halogens is 2. The van der Waals surface area contributed by atoms with Crippen molar-refractivity contribution in [2.24, 2.45) is 17.6 Å². The number of primary amides is 1. The van der Waals surface area contributed by atoms with Gasteiger partial charge < -0.3 is 16.2 Å². The molecular formula is C27H30F2N4O3. The van der Waals surface area contributed by atoms with E-state index >= 15 is 0 Å². The molecule has 190 valence electrons. The molecule has 0 radical (unpaired) electrons. The van der Waals surface area contributed by atoms with Crippen LogP contribution in [0.4, 0.5) is 8.78 Å². The topological polar surface area (TPSA) is 118 Å². The van der Waals surface area contributed by atoms with Crippen molar-refractivity contribution < 1.29 is 23.5 Å². The van der Waals surface area contributed by atoms with Crippen molar-refractivity contribution in [3.8, 4) is 0 Å². The van der Waals surface area contributed by atoms with Crippen molar-refractivity contribution in [3.63, 3.8) is 0 Å². The third-order valence-electron chi connectivity index (χ3n) is 6.95. The average Bonchev–Trinajstić information content (AvgIpc) is 2.87. The number of hydrogen-bond acceptors (Lipinski definition) is 5. The SMILES string of the molecule is NC(=O)[C@@H](C[C@H](O)[C@H](Cc1ccccc1)NC(=O)c1cnc2ccccc2n1)C1CCC(F)(F)CC1. The van der Waals surface area contributed by atoms with Gasteiger partial charge in [0.1, 0.15) is 5.69 Å². The van der Waals surface area contributed by atoms with E-state index in [0.29, 0.717) is 17.5 Å². The molecule has 0 aliphatic heterocycles. The van der Waals surface area contributed by atoms with E-state index in [1.807, 2.05) is 36.4 Å². The summed E-state index contributed by atoms with van der Waals surface area (Å²) in [5.74, 6) is -4.99. The van der Waals surface area contributed by atoms with Crippen LogP contribution in [0.1, 0.15) is 48.2 Å². The molecule has 36 heavy (non-hydrogen) atoms. The molecule has 3 aromatic rings. The van der Waals surface area contributed by atoms with Gasteiger partial charge in [0.25, 0.3) is 5.91 Å². The Labute approximate surface area is 208 Å². The first-order valence-electron chi connectivity index (χ1n) is 12.1. The minimum atomic E-state index is -2.73. The fourth-order valence-corrected chi connectivity index (χ4v) is 4.89. The Morgan fingerprint density at radius 3 is 2.36 bits per heavy atom. The molecule has 1 aliphatic rings. The van der Waals surface area contributed by atoms with Gasteiger partial charge in [-0.1, -0.05) is 42.5 Å². The van der Waals surface area contributed by atoms with E-state index in [-0.39, 0.29) is 43.7 Å². The Morgan fingerprint density at radius 2 is 1.69 bits per heavy atom. The van der Waals surface area contributed by atoms with Crippen LogP contribution in [0.2, 0.25) is 0 Å². The summed E-state index contributed by atoms with van der Waals surface area (Å²) in [6.07, 6.45) is 0.215. The Morgan fingerprint density at radius 1 is 1.06 bits per heavy atom. The van der Waals surface area contributed by atoms with Crippen molar-refractivity contribution >= 4 is 22.8 Å². The normalized spacial score (nSPS) is 18.3. The van der Waals surface area contributed by atoms with Crippen LogP contribution in [0.5, 0.6) is 0 Å². The zero-order valence-corrected chi connectivity index (χ0v) is 19.8. The third kappa shape index (κ3) is 6.40. The number of nitrogens with two attached hydrogens (primary N) is 1. The lowest BCUT2D eigenvalue weighted by Crippen LogP contribution is -2.47. The third-order valence-corrected chi connectivity index (χ3v) is 6.95. The van der Waals surface area contributed by atoms with Gasteiger partial charge in [-0.05, 0) is 49.3 Å². The van der Waals surface area contributed by atoms with Crippen LogP contribution >= 0.6 is 0 Å². The molecule has 3 atom stereocenters. The number of aromatic nitrogens is 2. The number of carbonyl (C=O) groups is 2. The van der Waals surface area contributed by atoms with Gasteiger partial charge in [0.15, 0.2) is 0 Å². The first kappa shape index (κ1) is 25.6. The van der Waals surface area contributed by atoms with Gasteiger partial charge in [0, 0.05) is 18.8 Å². The van der Waals surface area contributed by atoms with Gasteiger partial charge in [0.2, 0.25) is 11.8 Å². The molecule has 4 rings (SSSR count). The van der Waals surface area contributed by atoms with Crippen LogP contribution in [-0.4, -0.2) is 45.0 Å². The summed E-state index contributed by atoms with van der Waals surface area (Å²) in [5.41, 5.74) is 7.82. The smallest absolute Gasteiger partial charge is 0.271 e. The number of para-hydroxylation sites is 2. The first-order valence-corrected chi connectivity index (χ1v) is 12.1. The molecular weight excluding hydrogens is 466 g/mol. The summed E-state index contributed by atoms with van der Waals surface area (Å²) in [6, 6.07) is 15.7. The highest BCUT2D eigenvalue weighted by atomic mass is 19.3. The molecule has 0 bridgehead atoms. The highest BCUT2D eigenvalue weighted by molar-refractivity contribution is 5.94. The first-order chi connectivity index (χ1) is 17.2.